The molecule has 0 bridgehead atoms. The van der Waals surface area contributed by atoms with Gasteiger partial charge in [-0.1, -0.05) is 12.1 Å². The van der Waals surface area contributed by atoms with E-state index in [1.165, 1.54) is 25.1 Å². The van der Waals surface area contributed by atoms with Crippen molar-refractivity contribution in [1.82, 2.24) is 0 Å². The number of fused-ring (bicyclic) bond motifs is 1. The van der Waals surface area contributed by atoms with Gasteiger partial charge in [-0.2, -0.15) is 0 Å². The van der Waals surface area contributed by atoms with Gasteiger partial charge < -0.3 is 89.3 Å². The minimum atomic E-state index is -1.80. The SMILES string of the molecule is C[C@@H]1O[C@@H](O[C@H]2[C@H](Oc3cc(O)c4c(c3)O[C@H](c3ccc(O[C@H]5O[C@H](CO)[C@@H](O)[C@H](O)[C@H]5O)cc3)CC4=O)O[C@H](CO)[C@@H](O)[C@@H]2O)[C@H](O)[C@H](O)[C@H]1O. The molecule has 0 saturated carbocycles. The van der Waals surface area contributed by atoms with E-state index in [4.69, 9.17) is 33.2 Å². The highest BCUT2D eigenvalue weighted by atomic mass is 16.8. The van der Waals surface area contributed by atoms with Crippen molar-refractivity contribution in [2.45, 2.75) is 112 Å². The zero-order chi connectivity index (χ0) is 37.6. The van der Waals surface area contributed by atoms with Crippen molar-refractivity contribution < 1.29 is 94.1 Å². The number of aliphatic hydroxyl groups excluding tert-OH is 10. The van der Waals surface area contributed by atoms with E-state index < -0.39 is 123 Å². The van der Waals surface area contributed by atoms with Crippen LogP contribution in [0.3, 0.4) is 0 Å². The number of hydrogen-bond acceptors (Lipinski definition) is 19. The molecule has 0 aromatic heterocycles. The highest BCUT2D eigenvalue weighted by molar-refractivity contribution is 6.02. The van der Waals surface area contributed by atoms with Gasteiger partial charge in [0, 0.05) is 12.1 Å². The molecule has 0 radical (unpaired) electrons. The summed E-state index contributed by atoms with van der Waals surface area (Å²) in [6.07, 6.45) is -24.2. The van der Waals surface area contributed by atoms with Gasteiger partial charge in [0.05, 0.1) is 25.7 Å². The predicted molar refractivity (Wildman–Crippen MR) is 167 cm³/mol. The highest BCUT2D eigenvalue weighted by Crippen LogP contribution is 2.43. The second-order valence-electron chi connectivity index (χ2n) is 13.0. The summed E-state index contributed by atoms with van der Waals surface area (Å²) < 4.78 is 39.8. The average Bonchev–Trinajstić information content (AvgIpc) is 3.12. The number of aromatic hydroxyl groups is 1. The normalized spacial score (nSPS) is 40.8. The number of benzene rings is 2. The molecule has 0 spiro atoms. The van der Waals surface area contributed by atoms with E-state index >= 15 is 0 Å². The lowest BCUT2D eigenvalue weighted by molar-refractivity contribution is -0.354. The zero-order valence-corrected chi connectivity index (χ0v) is 27.5. The largest absolute Gasteiger partial charge is 0.507 e. The first-order valence-electron chi connectivity index (χ1n) is 16.5. The van der Waals surface area contributed by atoms with Gasteiger partial charge in [0.15, 0.2) is 18.2 Å². The van der Waals surface area contributed by atoms with E-state index in [-0.39, 0.29) is 29.2 Å². The molecule has 19 nitrogen and oxygen atoms in total. The second-order valence-corrected chi connectivity index (χ2v) is 13.0. The van der Waals surface area contributed by atoms with Crippen molar-refractivity contribution in [1.29, 1.82) is 0 Å². The number of aliphatic hydroxyl groups is 10. The van der Waals surface area contributed by atoms with E-state index in [9.17, 15) is 61.0 Å². The highest BCUT2D eigenvalue weighted by Gasteiger charge is 2.51. The summed E-state index contributed by atoms with van der Waals surface area (Å²) in [7, 11) is 0. The number of rotatable bonds is 9. The molecule has 19 heteroatoms. The molecule has 288 valence electrons. The van der Waals surface area contributed by atoms with Crippen LogP contribution in [0.15, 0.2) is 36.4 Å². The Balaban J connectivity index is 1.19. The molecule has 6 rings (SSSR count). The molecule has 0 amide bonds. The van der Waals surface area contributed by atoms with Crippen LogP contribution >= 0.6 is 0 Å². The number of carbonyl (C=O) groups is 1. The summed E-state index contributed by atoms with van der Waals surface area (Å²) in [4.78, 5) is 13.2. The van der Waals surface area contributed by atoms with Crippen molar-refractivity contribution in [3.63, 3.8) is 0 Å². The smallest absolute Gasteiger partial charge is 0.229 e. The topological polar surface area (TPSA) is 304 Å². The maximum absolute atomic E-state index is 13.2. The van der Waals surface area contributed by atoms with Crippen LogP contribution in [0, 0.1) is 0 Å². The maximum Gasteiger partial charge on any atom is 0.229 e. The summed E-state index contributed by atoms with van der Waals surface area (Å²) in [5.74, 6) is -1.09. The van der Waals surface area contributed by atoms with Crippen molar-refractivity contribution in [3.05, 3.63) is 47.5 Å². The fraction of sp³-hybridized carbons (Fsp3) is 0.606. The molecule has 16 atom stereocenters. The summed E-state index contributed by atoms with van der Waals surface area (Å²) in [5.41, 5.74) is 0.345. The van der Waals surface area contributed by atoms with Gasteiger partial charge in [-0.3, -0.25) is 4.79 Å². The Labute approximate surface area is 295 Å². The van der Waals surface area contributed by atoms with Crippen LogP contribution in [-0.2, 0) is 18.9 Å². The van der Waals surface area contributed by atoms with Crippen molar-refractivity contribution >= 4 is 5.78 Å². The van der Waals surface area contributed by atoms with Crippen molar-refractivity contribution in [2.24, 2.45) is 0 Å². The van der Waals surface area contributed by atoms with E-state index in [0.717, 1.165) is 6.07 Å². The molecular formula is C33H42O19. The van der Waals surface area contributed by atoms with Crippen LogP contribution in [0.25, 0.3) is 0 Å². The van der Waals surface area contributed by atoms with Crippen molar-refractivity contribution in [3.8, 4) is 23.0 Å². The van der Waals surface area contributed by atoms with Crippen LogP contribution in [-0.4, -0.2) is 167 Å². The fourth-order valence-electron chi connectivity index (χ4n) is 6.44. The van der Waals surface area contributed by atoms with Crippen molar-refractivity contribution in [2.75, 3.05) is 13.2 Å². The Hall–Kier alpha value is -3.25. The third-order valence-corrected chi connectivity index (χ3v) is 9.50. The van der Waals surface area contributed by atoms with Crippen LogP contribution in [0.2, 0.25) is 0 Å². The van der Waals surface area contributed by atoms with Gasteiger partial charge in [0.1, 0.15) is 95.7 Å². The Morgan fingerprint density at radius 1 is 0.673 bits per heavy atom. The van der Waals surface area contributed by atoms with E-state index in [0.29, 0.717) is 5.56 Å². The summed E-state index contributed by atoms with van der Waals surface area (Å²) >= 11 is 0. The Bertz CT molecular complexity index is 1540. The molecule has 4 aliphatic heterocycles. The van der Waals surface area contributed by atoms with Gasteiger partial charge in [-0.25, -0.2) is 0 Å². The monoisotopic (exact) mass is 742 g/mol. The first-order valence-corrected chi connectivity index (χ1v) is 16.5. The van der Waals surface area contributed by atoms with Crippen LogP contribution < -0.4 is 14.2 Å². The van der Waals surface area contributed by atoms with Gasteiger partial charge in [-0.05, 0) is 24.6 Å². The van der Waals surface area contributed by atoms with Gasteiger partial charge in [0.2, 0.25) is 12.6 Å². The lowest BCUT2D eigenvalue weighted by atomic mass is 9.95. The number of carbonyl (C=O) groups excluding carboxylic acids is 1. The first kappa shape index (κ1) is 38.5. The number of phenolic OH excluding ortho intramolecular Hbond substituents is 1. The van der Waals surface area contributed by atoms with Gasteiger partial charge >= 0.3 is 0 Å². The summed E-state index contributed by atoms with van der Waals surface area (Å²) in [6, 6.07) is 8.40. The van der Waals surface area contributed by atoms with E-state index in [1.54, 1.807) is 12.1 Å². The number of ketones is 1. The van der Waals surface area contributed by atoms with Crippen LogP contribution in [0.1, 0.15) is 35.4 Å². The second kappa shape index (κ2) is 15.6. The van der Waals surface area contributed by atoms with E-state index in [1.807, 2.05) is 0 Å². The Morgan fingerprint density at radius 2 is 1.25 bits per heavy atom. The van der Waals surface area contributed by atoms with Gasteiger partial charge in [-0.15, -0.1) is 0 Å². The number of Topliss-reactive ketones (excluding diaryl/α,β-unsaturated/α-hetero) is 1. The van der Waals surface area contributed by atoms with Crippen LogP contribution in [0.4, 0.5) is 0 Å². The molecule has 2 aromatic carbocycles. The third kappa shape index (κ3) is 7.43. The first-order chi connectivity index (χ1) is 24.7. The molecule has 4 aliphatic rings. The predicted octanol–water partition coefficient (Wildman–Crippen LogP) is -3.69. The van der Waals surface area contributed by atoms with E-state index in [2.05, 4.69) is 0 Å². The molecule has 4 heterocycles. The molecule has 3 saturated heterocycles. The lowest BCUT2D eigenvalue weighted by Gasteiger charge is -2.45. The van der Waals surface area contributed by atoms with Crippen LogP contribution in [0.5, 0.6) is 23.0 Å². The molecule has 11 N–H and O–H groups in total. The molecular weight excluding hydrogens is 700 g/mol. The fourth-order valence-corrected chi connectivity index (χ4v) is 6.44. The number of hydrogen-bond donors (Lipinski definition) is 11. The number of phenols is 1. The minimum absolute atomic E-state index is 0.0950. The molecule has 52 heavy (non-hydrogen) atoms. The Morgan fingerprint density at radius 3 is 1.90 bits per heavy atom. The summed E-state index contributed by atoms with van der Waals surface area (Å²) in [5, 5.41) is 113. The maximum atomic E-state index is 13.2. The Kier molecular flexibility index (Phi) is 11.6. The molecule has 3 fully saturated rings. The molecule has 0 aliphatic carbocycles. The third-order valence-electron chi connectivity index (χ3n) is 9.50. The number of ether oxygens (including phenoxy) is 7. The molecule has 0 unspecified atom stereocenters. The molecule has 2 aromatic rings. The summed E-state index contributed by atoms with van der Waals surface area (Å²) in [6.45, 7) is 0.0222. The van der Waals surface area contributed by atoms with Gasteiger partial charge in [0.25, 0.3) is 0 Å². The standard InChI is InChI=1S/C33H42O19/c1-11-22(38)25(41)28(44)31(46-11)52-30-27(43)24(40)20(10-35)51-33(30)48-14-6-15(36)21-16(37)8-17(49-18(21)7-14)12-2-4-13(5-3-12)47-32-29(45)26(42)23(39)19(9-34)50-32/h2-7,11,17,19-20,22-36,38-45H,8-10H2,1H3/t11-,17-,19+,20+,22-,23+,24+,25+,26-,27-,28+,29+,30+,31-,32-,33+/m0/s1. The lowest BCUT2D eigenvalue weighted by Crippen LogP contribution is -2.64. The average molecular weight is 743 g/mol. The minimum Gasteiger partial charge on any atom is -0.507 e. The quantitative estimate of drug-likeness (QED) is 0.118. The zero-order valence-electron chi connectivity index (χ0n) is 27.5.